The minimum Gasteiger partial charge on any atom is -0.478 e. The van der Waals surface area contributed by atoms with Crippen molar-refractivity contribution in [3.8, 4) is 0 Å². The maximum Gasteiger partial charge on any atom is 0.336 e. The highest BCUT2D eigenvalue weighted by atomic mass is 32.2. The molecule has 4 aromatic carbocycles. The van der Waals surface area contributed by atoms with Gasteiger partial charge in [-0.25, -0.2) is 27.2 Å². The first-order valence-corrected chi connectivity index (χ1v) is 12.7. The molecule has 1 unspecified atom stereocenters. The number of halogens is 4. The van der Waals surface area contributed by atoms with Gasteiger partial charge in [0.05, 0.1) is 16.7 Å². The van der Waals surface area contributed by atoms with Gasteiger partial charge in [0.25, 0.3) is 5.91 Å². The number of rotatable bonds is 9. The minimum absolute atomic E-state index is 0.0173. The number of carbonyl (C=O) groups excluding carboxylic acids is 2. The molecular formula is C29H18F4N2O6S. The van der Waals surface area contributed by atoms with E-state index in [-0.39, 0.29) is 22.9 Å². The number of carboxylic acids is 2. The second-order valence-electron chi connectivity index (χ2n) is 8.59. The Morgan fingerprint density at radius 3 is 1.98 bits per heavy atom. The number of carbonyl (C=O) groups is 4. The van der Waals surface area contributed by atoms with Crippen molar-refractivity contribution in [2.45, 2.75) is 10.1 Å². The summed E-state index contributed by atoms with van der Waals surface area (Å²) in [5.41, 5.74) is -1.92. The second kappa shape index (κ2) is 12.6. The molecule has 0 aliphatic rings. The number of aromatic carboxylic acids is 2. The molecule has 214 valence electrons. The number of thioether (sulfide) groups is 1. The summed E-state index contributed by atoms with van der Waals surface area (Å²) >= 11 is 0.884. The van der Waals surface area contributed by atoms with E-state index >= 15 is 0 Å². The molecular weight excluding hydrogens is 580 g/mol. The molecule has 0 aliphatic carbocycles. The molecule has 2 amide bonds. The molecule has 42 heavy (non-hydrogen) atoms. The van der Waals surface area contributed by atoms with Crippen LogP contribution in [0.3, 0.4) is 0 Å². The lowest BCUT2D eigenvalue weighted by Crippen LogP contribution is -2.21. The van der Waals surface area contributed by atoms with Gasteiger partial charge in [-0.1, -0.05) is 36.4 Å². The molecule has 1 atom stereocenters. The predicted octanol–water partition coefficient (Wildman–Crippen LogP) is 6.36. The van der Waals surface area contributed by atoms with Gasteiger partial charge in [-0.15, -0.1) is 11.8 Å². The lowest BCUT2D eigenvalue weighted by molar-refractivity contribution is -0.115. The van der Waals surface area contributed by atoms with E-state index in [1.807, 2.05) is 5.32 Å². The third-order valence-corrected chi connectivity index (χ3v) is 7.04. The van der Waals surface area contributed by atoms with Gasteiger partial charge < -0.3 is 20.8 Å². The largest absolute Gasteiger partial charge is 0.478 e. The Morgan fingerprint density at radius 1 is 0.690 bits per heavy atom. The van der Waals surface area contributed by atoms with Crippen molar-refractivity contribution >= 4 is 46.9 Å². The third-order valence-electron chi connectivity index (χ3n) is 5.79. The summed E-state index contributed by atoms with van der Waals surface area (Å²) in [4.78, 5) is 49.3. The molecule has 0 heterocycles. The van der Waals surface area contributed by atoms with Gasteiger partial charge in [-0.05, 0) is 42.0 Å². The number of hydrogen-bond acceptors (Lipinski definition) is 5. The molecule has 0 fully saturated rings. The van der Waals surface area contributed by atoms with E-state index in [9.17, 15) is 41.8 Å². The molecule has 4 rings (SSSR count). The van der Waals surface area contributed by atoms with Crippen LogP contribution in [0.15, 0.2) is 83.8 Å². The molecule has 8 nitrogen and oxygen atoms in total. The van der Waals surface area contributed by atoms with Gasteiger partial charge in [0.1, 0.15) is 10.9 Å². The summed E-state index contributed by atoms with van der Waals surface area (Å²) in [6.07, 6.45) is 0. The zero-order valence-corrected chi connectivity index (χ0v) is 21.8. The average Bonchev–Trinajstić information content (AvgIpc) is 2.97. The highest BCUT2D eigenvalue weighted by Crippen LogP contribution is 2.38. The lowest BCUT2D eigenvalue weighted by Gasteiger charge is -2.18. The fourth-order valence-corrected chi connectivity index (χ4v) is 4.89. The molecule has 4 aromatic rings. The van der Waals surface area contributed by atoms with Gasteiger partial charge in [-0.3, -0.25) is 9.59 Å². The average molecular weight is 599 g/mol. The van der Waals surface area contributed by atoms with E-state index in [1.165, 1.54) is 18.2 Å². The van der Waals surface area contributed by atoms with Crippen LogP contribution in [0.2, 0.25) is 0 Å². The van der Waals surface area contributed by atoms with Gasteiger partial charge in [0.15, 0.2) is 23.3 Å². The van der Waals surface area contributed by atoms with Crippen LogP contribution in [0.25, 0.3) is 0 Å². The first kappa shape index (κ1) is 29.8. The van der Waals surface area contributed by atoms with Gasteiger partial charge in [0, 0.05) is 16.6 Å². The van der Waals surface area contributed by atoms with E-state index in [2.05, 4.69) is 5.32 Å². The normalized spacial score (nSPS) is 11.4. The Balaban J connectivity index is 1.61. The third kappa shape index (κ3) is 6.58. The standard InChI is InChI=1S/C29H18F4N2O6S/c30-20-13-21(31)23(33)24(22(20)32)35-27(37)25(14-5-2-1-3-6-14)42-17-8-4-7-16(12-17)34-26(36)18-10-9-15(28(38)39)11-19(18)29(40)41/h1-13,25H,(H,34,36)(H,35,37)(H,38,39)(H,40,41). The highest BCUT2D eigenvalue weighted by molar-refractivity contribution is 8.00. The molecule has 0 spiro atoms. The smallest absolute Gasteiger partial charge is 0.336 e. The SMILES string of the molecule is O=C(O)c1ccc(C(=O)Nc2cccc(SC(C(=O)Nc3c(F)c(F)cc(F)c3F)c3ccccc3)c2)c(C(=O)O)c1. The summed E-state index contributed by atoms with van der Waals surface area (Å²) in [7, 11) is 0. The molecule has 0 aromatic heterocycles. The molecule has 0 saturated carbocycles. The Morgan fingerprint density at radius 2 is 1.36 bits per heavy atom. The van der Waals surface area contributed by atoms with Crippen LogP contribution in [0, 0.1) is 23.3 Å². The molecule has 13 heteroatoms. The van der Waals surface area contributed by atoms with Crippen LogP contribution in [-0.2, 0) is 4.79 Å². The molecule has 0 radical (unpaired) electrons. The van der Waals surface area contributed by atoms with Gasteiger partial charge in [0.2, 0.25) is 5.91 Å². The van der Waals surface area contributed by atoms with Crippen molar-refractivity contribution in [2.75, 3.05) is 10.6 Å². The number of amides is 2. The van der Waals surface area contributed by atoms with E-state index in [0.717, 1.165) is 30.0 Å². The van der Waals surface area contributed by atoms with Crippen molar-refractivity contribution in [1.82, 2.24) is 0 Å². The predicted molar refractivity (Wildman–Crippen MR) is 145 cm³/mol. The summed E-state index contributed by atoms with van der Waals surface area (Å²) in [5, 5.41) is 21.8. The Labute approximate surface area is 239 Å². The van der Waals surface area contributed by atoms with Gasteiger partial charge >= 0.3 is 11.9 Å². The topological polar surface area (TPSA) is 133 Å². The van der Waals surface area contributed by atoms with E-state index in [4.69, 9.17) is 5.11 Å². The zero-order valence-electron chi connectivity index (χ0n) is 21.0. The van der Waals surface area contributed by atoms with Crippen LogP contribution >= 0.6 is 11.8 Å². The van der Waals surface area contributed by atoms with Crippen LogP contribution < -0.4 is 10.6 Å². The van der Waals surface area contributed by atoms with Crippen LogP contribution in [0.5, 0.6) is 0 Å². The molecule has 0 bridgehead atoms. The quantitative estimate of drug-likeness (QED) is 0.100. The molecule has 0 saturated heterocycles. The number of hydrogen-bond donors (Lipinski definition) is 4. The van der Waals surface area contributed by atoms with E-state index in [0.29, 0.717) is 10.5 Å². The van der Waals surface area contributed by atoms with Crippen molar-refractivity contribution in [2.24, 2.45) is 0 Å². The van der Waals surface area contributed by atoms with Crippen LogP contribution in [0.4, 0.5) is 28.9 Å². The fourth-order valence-electron chi connectivity index (χ4n) is 3.81. The minimum atomic E-state index is -1.78. The van der Waals surface area contributed by atoms with Crippen molar-refractivity contribution < 1.29 is 47.0 Å². The van der Waals surface area contributed by atoms with Crippen LogP contribution in [0.1, 0.15) is 41.9 Å². The molecule has 4 N–H and O–H groups in total. The Hall–Kier alpha value is -5.17. The first-order valence-electron chi connectivity index (χ1n) is 11.8. The van der Waals surface area contributed by atoms with Gasteiger partial charge in [-0.2, -0.15) is 0 Å². The maximum absolute atomic E-state index is 14.2. The van der Waals surface area contributed by atoms with E-state index < -0.39 is 63.5 Å². The molecule has 0 aliphatic heterocycles. The Kier molecular flexibility index (Phi) is 8.91. The van der Waals surface area contributed by atoms with Crippen molar-refractivity contribution in [3.05, 3.63) is 124 Å². The zero-order chi connectivity index (χ0) is 30.6. The number of carboxylic acid groups (broad SMARTS) is 2. The summed E-state index contributed by atoms with van der Waals surface area (Å²) in [5.74, 6) is -11.7. The van der Waals surface area contributed by atoms with Crippen molar-refractivity contribution in [3.63, 3.8) is 0 Å². The van der Waals surface area contributed by atoms with Crippen molar-refractivity contribution in [1.29, 1.82) is 0 Å². The first-order chi connectivity index (χ1) is 20.0. The Bertz CT molecular complexity index is 1690. The van der Waals surface area contributed by atoms with Crippen LogP contribution in [-0.4, -0.2) is 34.0 Å². The second-order valence-corrected chi connectivity index (χ2v) is 9.77. The maximum atomic E-state index is 14.2. The summed E-state index contributed by atoms with van der Waals surface area (Å²) in [6, 6.07) is 16.9. The highest BCUT2D eigenvalue weighted by Gasteiger charge is 2.27. The number of benzene rings is 4. The number of anilines is 2. The van der Waals surface area contributed by atoms with E-state index in [1.54, 1.807) is 36.4 Å². The fraction of sp³-hybridized carbons (Fsp3) is 0.0345. The number of nitrogens with one attached hydrogen (secondary N) is 2. The summed E-state index contributed by atoms with van der Waals surface area (Å²) in [6.45, 7) is 0. The monoisotopic (exact) mass is 598 g/mol. The summed E-state index contributed by atoms with van der Waals surface area (Å²) < 4.78 is 55.9. The lowest BCUT2D eigenvalue weighted by atomic mass is 10.0.